The minimum absolute atomic E-state index is 0.0506. The van der Waals surface area contributed by atoms with Crippen LogP contribution in [0.3, 0.4) is 0 Å². The van der Waals surface area contributed by atoms with Crippen molar-refractivity contribution in [2.24, 2.45) is 4.99 Å². The SMILES string of the molecule is O=C(O)CCCN=C1C(=O)N(c2ccccc2)c2ccccc21. The van der Waals surface area contributed by atoms with Crippen molar-refractivity contribution in [3.8, 4) is 0 Å². The molecule has 1 heterocycles. The number of para-hydroxylation sites is 2. The summed E-state index contributed by atoms with van der Waals surface area (Å²) >= 11 is 0. The monoisotopic (exact) mass is 308 g/mol. The summed E-state index contributed by atoms with van der Waals surface area (Å²) in [5, 5.41) is 8.68. The van der Waals surface area contributed by atoms with Crippen molar-refractivity contribution in [2.75, 3.05) is 11.4 Å². The summed E-state index contributed by atoms with van der Waals surface area (Å²) in [5.41, 5.74) is 2.79. The molecule has 5 nitrogen and oxygen atoms in total. The molecular formula is C18H16N2O3. The molecule has 116 valence electrons. The lowest BCUT2D eigenvalue weighted by atomic mass is 10.1. The van der Waals surface area contributed by atoms with Gasteiger partial charge in [-0.25, -0.2) is 0 Å². The minimum atomic E-state index is -0.853. The van der Waals surface area contributed by atoms with E-state index in [1.54, 1.807) is 4.90 Å². The van der Waals surface area contributed by atoms with Gasteiger partial charge in [-0.3, -0.25) is 19.5 Å². The Hall–Kier alpha value is -2.95. The first-order valence-electron chi connectivity index (χ1n) is 7.43. The summed E-state index contributed by atoms with van der Waals surface area (Å²) in [7, 11) is 0. The molecular weight excluding hydrogens is 292 g/mol. The minimum Gasteiger partial charge on any atom is -0.481 e. The Morgan fingerprint density at radius 2 is 1.74 bits per heavy atom. The van der Waals surface area contributed by atoms with Gasteiger partial charge in [0.2, 0.25) is 0 Å². The van der Waals surface area contributed by atoms with Crippen molar-refractivity contribution in [1.29, 1.82) is 0 Å². The Bertz CT molecular complexity index is 769. The molecule has 3 rings (SSSR count). The standard InChI is InChI=1S/C18H16N2O3/c21-16(22)11-6-12-19-17-14-9-4-5-10-15(14)20(18(17)23)13-7-2-1-3-8-13/h1-5,7-10H,6,11-12H2,(H,21,22). The molecule has 0 fully saturated rings. The van der Waals surface area contributed by atoms with Crippen LogP contribution in [0, 0.1) is 0 Å². The van der Waals surface area contributed by atoms with Crippen molar-refractivity contribution in [1.82, 2.24) is 0 Å². The fourth-order valence-electron chi connectivity index (χ4n) is 2.61. The lowest BCUT2D eigenvalue weighted by Crippen LogP contribution is -2.25. The molecule has 0 unspecified atom stereocenters. The highest BCUT2D eigenvalue weighted by atomic mass is 16.4. The van der Waals surface area contributed by atoms with Crippen molar-refractivity contribution in [3.05, 3.63) is 60.2 Å². The number of hydrogen-bond donors (Lipinski definition) is 1. The summed E-state index contributed by atoms with van der Waals surface area (Å²) < 4.78 is 0. The van der Waals surface area contributed by atoms with E-state index in [0.717, 1.165) is 16.9 Å². The molecule has 1 amide bonds. The van der Waals surface area contributed by atoms with Gasteiger partial charge in [-0.1, -0.05) is 36.4 Å². The van der Waals surface area contributed by atoms with Crippen LogP contribution >= 0.6 is 0 Å². The van der Waals surface area contributed by atoms with Gasteiger partial charge < -0.3 is 5.11 Å². The fourth-order valence-corrected chi connectivity index (χ4v) is 2.61. The zero-order chi connectivity index (χ0) is 16.2. The number of fused-ring (bicyclic) bond motifs is 1. The Kier molecular flexibility index (Phi) is 4.19. The van der Waals surface area contributed by atoms with Crippen LogP contribution in [0.4, 0.5) is 11.4 Å². The second-order valence-electron chi connectivity index (χ2n) is 5.22. The first-order chi connectivity index (χ1) is 11.2. The summed E-state index contributed by atoms with van der Waals surface area (Å²) in [6.07, 6.45) is 0.467. The van der Waals surface area contributed by atoms with E-state index in [9.17, 15) is 9.59 Å². The Morgan fingerprint density at radius 1 is 1.04 bits per heavy atom. The molecule has 0 radical (unpaired) electrons. The second-order valence-corrected chi connectivity index (χ2v) is 5.22. The van der Waals surface area contributed by atoms with Crippen LogP contribution in [0.2, 0.25) is 0 Å². The van der Waals surface area contributed by atoms with E-state index in [4.69, 9.17) is 5.11 Å². The number of benzene rings is 2. The van der Waals surface area contributed by atoms with Gasteiger partial charge in [-0.2, -0.15) is 0 Å². The molecule has 1 N–H and O–H groups in total. The van der Waals surface area contributed by atoms with E-state index in [0.29, 0.717) is 18.7 Å². The van der Waals surface area contributed by atoms with Crippen LogP contribution in [0.25, 0.3) is 0 Å². The van der Waals surface area contributed by atoms with Crippen LogP contribution in [0.15, 0.2) is 59.6 Å². The van der Waals surface area contributed by atoms with E-state index in [1.807, 2.05) is 54.6 Å². The Morgan fingerprint density at radius 3 is 2.48 bits per heavy atom. The van der Waals surface area contributed by atoms with E-state index in [-0.39, 0.29) is 12.3 Å². The molecule has 0 atom stereocenters. The molecule has 5 heteroatoms. The molecule has 0 saturated heterocycles. The van der Waals surface area contributed by atoms with Gasteiger partial charge in [-0.05, 0) is 24.6 Å². The lowest BCUT2D eigenvalue weighted by Gasteiger charge is -2.16. The molecule has 1 aliphatic heterocycles. The zero-order valence-corrected chi connectivity index (χ0v) is 12.5. The molecule has 2 aromatic carbocycles. The van der Waals surface area contributed by atoms with Crippen LogP contribution < -0.4 is 4.90 Å². The van der Waals surface area contributed by atoms with Gasteiger partial charge in [0.1, 0.15) is 5.71 Å². The predicted octanol–water partition coefficient (Wildman–Crippen LogP) is 3.02. The molecule has 0 aromatic heterocycles. The highest BCUT2D eigenvalue weighted by Gasteiger charge is 2.34. The number of carbonyl (C=O) groups is 2. The number of anilines is 2. The molecule has 0 bridgehead atoms. The van der Waals surface area contributed by atoms with Crippen molar-refractivity contribution in [2.45, 2.75) is 12.8 Å². The van der Waals surface area contributed by atoms with Gasteiger partial charge in [0.25, 0.3) is 5.91 Å². The summed E-state index contributed by atoms with van der Waals surface area (Å²) in [5.74, 6) is -1.03. The van der Waals surface area contributed by atoms with Crippen LogP contribution in [0.1, 0.15) is 18.4 Å². The fraction of sp³-hybridized carbons (Fsp3) is 0.167. The number of hydrogen-bond acceptors (Lipinski definition) is 3. The lowest BCUT2D eigenvalue weighted by molar-refractivity contribution is -0.137. The van der Waals surface area contributed by atoms with Gasteiger partial charge in [0.15, 0.2) is 0 Å². The summed E-state index contributed by atoms with van der Waals surface area (Å²) in [4.78, 5) is 29.3. The zero-order valence-electron chi connectivity index (χ0n) is 12.5. The molecule has 0 spiro atoms. The topological polar surface area (TPSA) is 70.0 Å². The third-order valence-corrected chi connectivity index (χ3v) is 3.64. The van der Waals surface area contributed by atoms with E-state index < -0.39 is 5.97 Å². The van der Waals surface area contributed by atoms with Gasteiger partial charge in [0, 0.05) is 24.2 Å². The van der Waals surface area contributed by atoms with Crippen LogP contribution in [-0.4, -0.2) is 29.2 Å². The third kappa shape index (κ3) is 2.99. The molecule has 2 aromatic rings. The van der Waals surface area contributed by atoms with Gasteiger partial charge in [-0.15, -0.1) is 0 Å². The highest BCUT2D eigenvalue weighted by molar-refractivity contribution is 6.55. The molecule has 1 aliphatic rings. The average molecular weight is 308 g/mol. The maximum absolute atomic E-state index is 12.8. The number of rotatable bonds is 5. The number of nitrogens with zero attached hydrogens (tertiary/aromatic N) is 2. The number of amides is 1. The van der Waals surface area contributed by atoms with E-state index in [2.05, 4.69) is 4.99 Å². The quantitative estimate of drug-likeness (QED) is 0.863. The normalized spacial score (nSPS) is 15.0. The largest absolute Gasteiger partial charge is 0.481 e. The third-order valence-electron chi connectivity index (χ3n) is 3.64. The maximum atomic E-state index is 12.8. The smallest absolute Gasteiger partial charge is 0.303 e. The molecule has 0 aliphatic carbocycles. The van der Waals surface area contributed by atoms with Gasteiger partial charge in [0.05, 0.1) is 5.69 Å². The van der Waals surface area contributed by atoms with Crippen LogP contribution in [0.5, 0.6) is 0 Å². The first kappa shape index (κ1) is 15.0. The number of aliphatic imine (C=N–C) groups is 1. The second kappa shape index (κ2) is 6.44. The van der Waals surface area contributed by atoms with Gasteiger partial charge >= 0.3 is 5.97 Å². The van der Waals surface area contributed by atoms with E-state index in [1.165, 1.54) is 0 Å². The summed E-state index contributed by atoms with van der Waals surface area (Å²) in [6.45, 7) is 0.324. The maximum Gasteiger partial charge on any atom is 0.303 e. The average Bonchev–Trinajstić information content (AvgIpc) is 2.84. The number of carboxylic acid groups (broad SMARTS) is 1. The van der Waals surface area contributed by atoms with Crippen LogP contribution in [-0.2, 0) is 9.59 Å². The highest BCUT2D eigenvalue weighted by Crippen LogP contribution is 2.35. The Balaban J connectivity index is 1.93. The van der Waals surface area contributed by atoms with Crippen molar-refractivity contribution in [3.63, 3.8) is 0 Å². The number of carbonyl (C=O) groups excluding carboxylic acids is 1. The summed E-state index contributed by atoms with van der Waals surface area (Å²) in [6, 6.07) is 16.9. The Labute approximate surface area is 133 Å². The number of carboxylic acids is 1. The predicted molar refractivity (Wildman–Crippen MR) is 88.3 cm³/mol. The molecule has 23 heavy (non-hydrogen) atoms. The van der Waals surface area contributed by atoms with E-state index >= 15 is 0 Å². The van der Waals surface area contributed by atoms with Crippen molar-refractivity contribution >= 4 is 29.0 Å². The first-order valence-corrected chi connectivity index (χ1v) is 7.43. The number of aliphatic carboxylic acids is 1. The molecule has 0 saturated carbocycles. The van der Waals surface area contributed by atoms with Crippen molar-refractivity contribution < 1.29 is 14.7 Å².